The van der Waals surface area contributed by atoms with Gasteiger partial charge in [0.25, 0.3) is 17.5 Å². The number of non-ortho nitro benzene ring substituents is 1. The molecular weight excluding hydrogens is 448 g/mol. The number of nitro groups is 1. The number of ether oxygens (including phenoxy) is 1. The van der Waals surface area contributed by atoms with Gasteiger partial charge in [-0.15, -0.1) is 0 Å². The number of carbonyl (C=O) groups is 2. The number of aryl methyl sites for hydroxylation is 1. The van der Waals surface area contributed by atoms with Crippen LogP contribution in [0.2, 0.25) is 5.02 Å². The molecule has 0 atom stereocenters. The van der Waals surface area contributed by atoms with E-state index in [0.29, 0.717) is 17.0 Å². The van der Waals surface area contributed by atoms with Gasteiger partial charge in [0, 0.05) is 23.4 Å². The van der Waals surface area contributed by atoms with Crippen molar-refractivity contribution in [3.8, 4) is 5.75 Å². The van der Waals surface area contributed by atoms with Crippen LogP contribution in [0.4, 0.5) is 11.4 Å². The Morgan fingerprint density at radius 3 is 2.58 bits per heavy atom. The van der Waals surface area contributed by atoms with Crippen LogP contribution in [0.25, 0.3) is 0 Å². The monoisotopic (exact) mass is 466 g/mol. The third kappa shape index (κ3) is 6.88. The molecule has 0 unspecified atom stereocenters. The van der Waals surface area contributed by atoms with Crippen LogP contribution in [0.15, 0.2) is 71.8 Å². The SMILES string of the molecule is Cc1ccc(NC(=O)COc2ccc(/C=N/NC(=O)c3cccc([N+](=O)[O-])c3)cc2Cl)cc1. The van der Waals surface area contributed by atoms with Crippen LogP contribution in [0, 0.1) is 17.0 Å². The molecular formula is C23H19ClN4O5. The molecule has 0 aromatic heterocycles. The van der Waals surface area contributed by atoms with E-state index in [4.69, 9.17) is 16.3 Å². The Morgan fingerprint density at radius 2 is 1.88 bits per heavy atom. The fourth-order valence-corrected chi connectivity index (χ4v) is 2.93. The van der Waals surface area contributed by atoms with Crippen molar-refractivity contribution in [1.29, 1.82) is 0 Å². The molecule has 3 aromatic rings. The van der Waals surface area contributed by atoms with Gasteiger partial charge in [0.1, 0.15) is 5.75 Å². The number of carbonyl (C=O) groups excluding carboxylic acids is 2. The lowest BCUT2D eigenvalue weighted by Crippen LogP contribution is -2.20. The van der Waals surface area contributed by atoms with Gasteiger partial charge in [-0.3, -0.25) is 19.7 Å². The number of hydrogen-bond acceptors (Lipinski definition) is 6. The molecule has 0 aliphatic rings. The first kappa shape index (κ1) is 23.4. The van der Waals surface area contributed by atoms with Crippen LogP contribution >= 0.6 is 11.6 Å². The second kappa shape index (κ2) is 10.9. The first-order valence-corrected chi connectivity index (χ1v) is 10.1. The zero-order valence-electron chi connectivity index (χ0n) is 17.4. The zero-order valence-corrected chi connectivity index (χ0v) is 18.2. The van der Waals surface area contributed by atoms with E-state index in [2.05, 4.69) is 15.8 Å². The lowest BCUT2D eigenvalue weighted by molar-refractivity contribution is -0.384. The van der Waals surface area contributed by atoms with E-state index in [-0.39, 0.29) is 28.8 Å². The van der Waals surface area contributed by atoms with Gasteiger partial charge < -0.3 is 10.1 Å². The van der Waals surface area contributed by atoms with E-state index in [1.807, 2.05) is 19.1 Å². The predicted octanol–water partition coefficient (Wildman–Crippen LogP) is 4.34. The van der Waals surface area contributed by atoms with E-state index in [1.165, 1.54) is 24.4 Å². The summed E-state index contributed by atoms with van der Waals surface area (Å²) in [6.45, 7) is 1.73. The minimum Gasteiger partial charge on any atom is -0.482 e. The van der Waals surface area contributed by atoms with Crippen LogP contribution in [-0.2, 0) is 4.79 Å². The molecule has 9 nitrogen and oxygen atoms in total. The molecule has 2 N–H and O–H groups in total. The Morgan fingerprint density at radius 1 is 1.12 bits per heavy atom. The summed E-state index contributed by atoms with van der Waals surface area (Å²) < 4.78 is 5.47. The largest absolute Gasteiger partial charge is 0.482 e. The van der Waals surface area contributed by atoms with Gasteiger partial charge in [-0.1, -0.05) is 35.4 Å². The van der Waals surface area contributed by atoms with Crippen LogP contribution < -0.4 is 15.5 Å². The summed E-state index contributed by atoms with van der Waals surface area (Å²) in [6.07, 6.45) is 1.36. The van der Waals surface area contributed by atoms with Crippen LogP contribution in [0.5, 0.6) is 5.75 Å². The van der Waals surface area contributed by atoms with E-state index >= 15 is 0 Å². The summed E-state index contributed by atoms with van der Waals surface area (Å²) in [5.74, 6) is -0.612. The maximum Gasteiger partial charge on any atom is 0.271 e. The van der Waals surface area contributed by atoms with Crippen molar-refractivity contribution >= 4 is 41.0 Å². The normalized spacial score (nSPS) is 10.6. The maximum absolute atomic E-state index is 12.1. The first-order valence-electron chi connectivity index (χ1n) is 9.68. The van der Waals surface area contributed by atoms with Gasteiger partial charge in [0.05, 0.1) is 16.2 Å². The number of anilines is 1. The van der Waals surface area contributed by atoms with Crippen molar-refractivity contribution in [2.24, 2.45) is 5.10 Å². The highest BCUT2D eigenvalue weighted by atomic mass is 35.5. The number of nitro benzene ring substituents is 1. The second-order valence-corrected chi connectivity index (χ2v) is 7.31. The summed E-state index contributed by atoms with van der Waals surface area (Å²) in [6, 6.07) is 17.4. The van der Waals surface area contributed by atoms with Gasteiger partial charge in [0.15, 0.2) is 6.61 Å². The molecule has 0 spiro atoms. The Bertz CT molecular complexity index is 1210. The van der Waals surface area contributed by atoms with Crippen LogP contribution in [0.1, 0.15) is 21.5 Å². The Hall–Kier alpha value is -4.24. The number of nitrogens with zero attached hydrogens (tertiary/aromatic N) is 2. The van der Waals surface area contributed by atoms with E-state index in [1.54, 1.807) is 30.3 Å². The molecule has 10 heteroatoms. The molecule has 0 saturated carbocycles. The van der Waals surface area contributed by atoms with Crippen molar-refractivity contribution in [3.63, 3.8) is 0 Å². The second-order valence-electron chi connectivity index (χ2n) is 6.90. The van der Waals surface area contributed by atoms with Gasteiger partial charge >= 0.3 is 0 Å². The van der Waals surface area contributed by atoms with Gasteiger partial charge in [-0.05, 0) is 48.9 Å². The molecule has 0 heterocycles. The molecule has 3 rings (SSSR count). The molecule has 3 aromatic carbocycles. The van der Waals surface area contributed by atoms with E-state index in [0.717, 1.165) is 11.6 Å². The van der Waals surface area contributed by atoms with Crippen LogP contribution in [0.3, 0.4) is 0 Å². The highest BCUT2D eigenvalue weighted by molar-refractivity contribution is 6.32. The quantitative estimate of drug-likeness (QED) is 0.290. The summed E-state index contributed by atoms with van der Waals surface area (Å²) in [5.41, 5.74) is 4.52. The number of hydrogen-bond donors (Lipinski definition) is 2. The summed E-state index contributed by atoms with van der Waals surface area (Å²) in [4.78, 5) is 34.4. The molecule has 0 aliphatic heterocycles. The molecule has 0 bridgehead atoms. The number of amides is 2. The van der Waals surface area contributed by atoms with Crippen molar-refractivity contribution in [2.45, 2.75) is 6.92 Å². The molecule has 33 heavy (non-hydrogen) atoms. The molecule has 0 saturated heterocycles. The molecule has 0 fully saturated rings. The fourth-order valence-electron chi connectivity index (χ4n) is 2.68. The summed E-state index contributed by atoms with van der Waals surface area (Å²) in [7, 11) is 0. The Balaban J connectivity index is 1.53. The molecule has 0 aliphatic carbocycles. The Labute approximate surface area is 194 Å². The number of halogens is 1. The van der Waals surface area contributed by atoms with Crippen molar-refractivity contribution in [3.05, 3.63) is 98.6 Å². The van der Waals surface area contributed by atoms with Gasteiger partial charge in [-0.2, -0.15) is 5.10 Å². The molecule has 168 valence electrons. The molecule has 2 amide bonds. The minimum atomic E-state index is -0.597. The first-order chi connectivity index (χ1) is 15.8. The number of hydrazone groups is 1. The summed E-state index contributed by atoms with van der Waals surface area (Å²) >= 11 is 6.21. The summed E-state index contributed by atoms with van der Waals surface area (Å²) in [5, 5.41) is 17.6. The highest BCUT2D eigenvalue weighted by Gasteiger charge is 2.11. The minimum absolute atomic E-state index is 0.104. The predicted molar refractivity (Wildman–Crippen MR) is 125 cm³/mol. The van der Waals surface area contributed by atoms with Gasteiger partial charge in [0.2, 0.25) is 0 Å². The van der Waals surface area contributed by atoms with Crippen LogP contribution in [-0.4, -0.2) is 29.6 Å². The lowest BCUT2D eigenvalue weighted by atomic mass is 10.2. The topological polar surface area (TPSA) is 123 Å². The average molecular weight is 467 g/mol. The van der Waals surface area contributed by atoms with Gasteiger partial charge in [-0.25, -0.2) is 5.43 Å². The van der Waals surface area contributed by atoms with E-state index in [9.17, 15) is 19.7 Å². The maximum atomic E-state index is 12.1. The highest BCUT2D eigenvalue weighted by Crippen LogP contribution is 2.25. The Kier molecular flexibility index (Phi) is 7.72. The van der Waals surface area contributed by atoms with E-state index < -0.39 is 10.8 Å². The van der Waals surface area contributed by atoms with Crippen molar-refractivity contribution in [1.82, 2.24) is 5.43 Å². The average Bonchev–Trinajstić information content (AvgIpc) is 2.80. The van der Waals surface area contributed by atoms with Crippen molar-refractivity contribution < 1.29 is 19.2 Å². The molecule has 0 radical (unpaired) electrons. The number of benzene rings is 3. The fraction of sp³-hybridized carbons (Fsp3) is 0.0870. The van der Waals surface area contributed by atoms with Crippen molar-refractivity contribution in [2.75, 3.05) is 11.9 Å². The zero-order chi connectivity index (χ0) is 23.8. The lowest BCUT2D eigenvalue weighted by Gasteiger charge is -2.09. The number of rotatable bonds is 8. The standard InChI is InChI=1S/C23H19ClN4O5/c1-15-5-8-18(9-6-15)26-22(29)14-33-21-10-7-16(11-20(21)24)13-25-27-23(30)17-3-2-4-19(12-17)28(31)32/h2-13H,14H2,1H3,(H,26,29)(H,27,30)/b25-13+. The number of nitrogens with one attached hydrogen (secondary N) is 2. The third-order valence-corrected chi connectivity index (χ3v) is 4.64. The third-order valence-electron chi connectivity index (χ3n) is 4.35. The smallest absolute Gasteiger partial charge is 0.271 e.